The van der Waals surface area contributed by atoms with Crippen LogP contribution in [0.25, 0.3) is 0 Å². The second kappa shape index (κ2) is 8.49. The molecule has 0 radical (unpaired) electrons. The molecule has 0 aliphatic carbocycles. The Labute approximate surface area is 174 Å². The van der Waals surface area contributed by atoms with E-state index in [1.54, 1.807) is 12.3 Å². The fourth-order valence-corrected chi connectivity index (χ4v) is 4.52. The van der Waals surface area contributed by atoms with Gasteiger partial charge in [0, 0.05) is 18.3 Å². The fourth-order valence-electron chi connectivity index (χ4n) is 3.62. The molecule has 2 aromatic rings. The smallest absolute Gasteiger partial charge is 0.357 e. The van der Waals surface area contributed by atoms with Gasteiger partial charge in [0.25, 0.3) is 0 Å². The minimum absolute atomic E-state index is 0.0688. The molecule has 0 saturated carbocycles. The summed E-state index contributed by atoms with van der Waals surface area (Å²) < 4.78 is 16.8. The average molecular weight is 419 g/mol. The molecule has 0 amide bonds. The van der Waals surface area contributed by atoms with E-state index in [4.69, 9.17) is 19.0 Å². The molecule has 2 fully saturated rings. The number of aromatic nitrogens is 1. The average Bonchev–Trinajstić information content (AvgIpc) is 3.41. The van der Waals surface area contributed by atoms with Crippen molar-refractivity contribution < 1.29 is 23.8 Å². The van der Waals surface area contributed by atoms with E-state index in [-0.39, 0.29) is 18.2 Å². The molecule has 2 saturated heterocycles. The van der Waals surface area contributed by atoms with E-state index >= 15 is 0 Å². The Kier molecular flexibility index (Phi) is 5.98. The molecule has 8 heteroatoms. The van der Waals surface area contributed by atoms with Crippen LogP contribution in [0, 0.1) is 0 Å². The van der Waals surface area contributed by atoms with Crippen molar-refractivity contribution in [2.24, 2.45) is 0 Å². The Bertz CT molecular complexity index is 841. The summed E-state index contributed by atoms with van der Waals surface area (Å²) in [6, 6.07) is 10.1. The summed E-state index contributed by atoms with van der Waals surface area (Å²) in [7, 11) is 0. The molecule has 156 valence electrons. The van der Waals surface area contributed by atoms with Gasteiger partial charge < -0.3 is 14.2 Å². The van der Waals surface area contributed by atoms with Crippen LogP contribution in [-0.2, 0) is 25.6 Å². The van der Waals surface area contributed by atoms with Gasteiger partial charge in [0.1, 0.15) is 17.2 Å². The largest absolute Gasteiger partial charge is 0.461 e. The Hall–Kier alpha value is -1.84. The standard InChI is InChI=1S/C21H26N2O5S/c1-4-25-20(24)15-13-29-19(22-15)16-10-17(18-12-26-21(2,3)27-18)28-23(16)11-14-8-6-5-7-9-14/h5-9,13,16-18H,4,10-12H2,1-3H3/t16-,17-,18+/m0/s1. The van der Waals surface area contributed by atoms with Crippen LogP contribution in [0.3, 0.4) is 0 Å². The Morgan fingerprint density at radius 1 is 1.31 bits per heavy atom. The zero-order chi connectivity index (χ0) is 20.4. The number of carbonyl (C=O) groups excluding carboxylic acids is 1. The van der Waals surface area contributed by atoms with Gasteiger partial charge in [0.2, 0.25) is 0 Å². The van der Waals surface area contributed by atoms with E-state index in [1.807, 2.05) is 37.1 Å². The van der Waals surface area contributed by atoms with E-state index in [9.17, 15) is 4.79 Å². The molecule has 7 nitrogen and oxygen atoms in total. The summed E-state index contributed by atoms with van der Waals surface area (Å²) in [6.07, 6.45) is 0.436. The van der Waals surface area contributed by atoms with Crippen LogP contribution in [0.1, 0.15) is 54.3 Å². The van der Waals surface area contributed by atoms with Crippen LogP contribution in [-0.4, -0.2) is 47.2 Å². The summed E-state index contributed by atoms with van der Waals surface area (Å²) >= 11 is 1.45. The highest BCUT2D eigenvalue weighted by Crippen LogP contribution is 2.40. The molecule has 0 unspecified atom stereocenters. The number of ether oxygens (including phenoxy) is 3. The Balaban J connectivity index is 1.54. The van der Waals surface area contributed by atoms with Gasteiger partial charge in [-0.1, -0.05) is 30.3 Å². The Morgan fingerprint density at radius 2 is 2.10 bits per heavy atom. The van der Waals surface area contributed by atoms with Crippen molar-refractivity contribution in [1.82, 2.24) is 10.0 Å². The fraction of sp³-hybridized carbons (Fsp3) is 0.524. The lowest BCUT2D eigenvalue weighted by Crippen LogP contribution is -2.31. The maximum atomic E-state index is 12.0. The van der Waals surface area contributed by atoms with Crippen LogP contribution in [0.2, 0.25) is 0 Å². The second-order valence-electron chi connectivity index (χ2n) is 7.61. The van der Waals surface area contributed by atoms with Crippen molar-refractivity contribution >= 4 is 17.3 Å². The van der Waals surface area contributed by atoms with Crippen LogP contribution in [0.4, 0.5) is 0 Å². The van der Waals surface area contributed by atoms with Crippen molar-refractivity contribution in [2.75, 3.05) is 13.2 Å². The van der Waals surface area contributed by atoms with Crippen molar-refractivity contribution in [3.05, 3.63) is 52.0 Å². The highest BCUT2D eigenvalue weighted by atomic mass is 32.1. The molecule has 1 aromatic heterocycles. The summed E-state index contributed by atoms with van der Waals surface area (Å²) in [5.41, 5.74) is 1.49. The zero-order valence-electron chi connectivity index (χ0n) is 16.9. The molecule has 0 spiro atoms. The monoisotopic (exact) mass is 418 g/mol. The van der Waals surface area contributed by atoms with Gasteiger partial charge in [-0.15, -0.1) is 11.3 Å². The lowest BCUT2D eigenvalue weighted by atomic mass is 10.1. The number of benzene rings is 1. The quantitative estimate of drug-likeness (QED) is 0.662. The third-order valence-corrected chi connectivity index (χ3v) is 5.94. The number of rotatable bonds is 6. The van der Waals surface area contributed by atoms with Crippen LogP contribution in [0.15, 0.2) is 35.7 Å². The molecular formula is C21H26N2O5S. The molecule has 3 atom stereocenters. The second-order valence-corrected chi connectivity index (χ2v) is 8.50. The first-order valence-electron chi connectivity index (χ1n) is 9.87. The van der Waals surface area contributed by atoms with Crippen LogP contribution < -0.4 is 0 Å². The summed E-state index contributed by atoms with van der Waals surface area (Å²) in [4.78, 5) is 22.9. The first-order chi connectivity index (χ1) is 13.9. The van der Waals surface area contributed by atoms with Gasteiger partial charge in [-0.2, -0.15) is 5.06 Å². The van der Waals surface area contributed by atoms with E-state index in [0.29, 0.717) is 31.9 Å². The molecule has 0 bridgehead atoms. The lowest BCUT2D eigenvalue weighted by molar-refractivity contribution is -0.207. The van der Waals surface area contributed by atoms with Crippen molar-refractivity contribution in [3.8, 4) is 0 Å². The van der Waals surface area contributed by atoms with Gasteiger partial charge in [-0.25, -0.2) is 9.78 Å². The molecule has 4 rings (SSSR count). The highest BCUT2D eigenvalue weighted by molar-refractivity contribution is 7.09. The van der Waals surface area contributed by atoms with E-state index < -0.39 is 11.8 Å². The van der Waals surface area contributed by atoms with Gasteiger partial charge in [0.05, 0.1) is 19.3 Å². The number of hydrogen-bond donors (Lipinski definition) is 0. The van der Waals surface area contributed by atoms with Gasteiger partial charge in [-0.3, -0.25) is 4.84 Å². The van der Waals surface area contributed by atoms with Gasteiger partial charge >= 0.3 is 5.97 Å². The molecule has 3 heterocycles. The van der Waals surface area contributed by atoms with Gasteiger partial charge in [-0.05, 0) is 26.3 Å². The maximum absolute atomic E-state index is 12.0. The van der Waals surface area contributed by atoms with E-state index in [1.165, 1.54) is 11.3 Å². The van der Waals surface area contributed by atoms with E-state index in [2.05, 4.69) is 17.1 Å². The number of esters is 1. The summed E-state index contributed by atoms with van der Waals surface area (Å²) in [6.45, 7) is 7.05. The number of hydrogen-bond acceptors (Lipinski definition) is 8. The minimum Gasteiger partial charge on any atom is -0.461 e. The molecule has 29 heavy (non-hydrogen) atoms. The lowest BCUT2D eigenvalue weighted by Gasteiger charge is -2.23. The van der Waals surface area contributed by atoms with E-state index in [0.717, 1.165) is 10.6 Å². The highest BCUT2D eigenvalue weighted by Gasteiger charge is 2.45. The van der Waals surface area contributed by atoms with Gasteiger partial charge in [0.15, 0.2) is 11.5 Å². The Morgan fingerprint density at radius 3 is 2.79 bits per heavy atom. The predicted octanol–water partition coefficient (Wildman–Crippen LogP) is 3.72. The normalized spacial score (nSPS) is 26.7. The molecule has 1 aromatic carbocycles. The first-order valence-corrected chi connectivity index (χ1v) is 10.7. The molecule has 0 N–H and O–H groups in total. The third kappa shape index (κ3) is 4.67. The first kappa shape index (κ1) is 20.4. The number of nitrogens with zero attached hydrogens (tertiary/aromatic N) is 2. The summed E-state index contributed by atoms with van der Waals surface area (Å²) in [5.74, 6) is -0.997. The number of thiazole rings is 1. The van der Waals surface area contributed by atoms with Crippen molar-refractivity contribution in [1.29, 1.82) is 0 Å². The number of hydroxylamine groups is 2. The summed E-state index contributed by atoms with van der Waals surface area (Å²) in [5, 5.41) is 4.53. The SMILES string of the molecule is CCOC(=O)c1csc([C@@H]2C[C@@H]([C@H]3COC(C)(C)O3)ON2Cc2ccccc2)n1. The predicted molar refractivity (Wildman–Crippen MR) is 107 cm³/mol. The minimum atomic E-state index is -0.603. The third-order valence-electron chi connectivity index (χ3n) is 4.99. The van der Waals surface area contributed by atoms with Crippen molar-refractivity contribution in [2.45, 2.75) is 57.8 Å². The number of carbonyl (C=O) groups is 1. The van der Waals surface area contributed by atoms with Crippen LogP contribution >= 0.6 is 11.3 Å². The molecule has 2 aliphatic heterocycles. The molecule has 2 aliphatic rings. The zero-order valence-corrected chi connectivity index (χ0v) is 17.7. The molecular weight excluding hydrogens is 392 g/mol. The van der Waals surface area contributed by atoms with Crippen molar-refractivity contribution in [3.63, 3.8) is 0 Å². The maximum Gasteiger partial charge on any atom is 0.357 e. The van der Waals surface area contributed by atoms with Crippen LogP contribution in [0.5, 0.6) is 0 Å². The topological polar surface area (TPSA) is 70.1 Å².